The third kappa shape index (κ3) is 5.29. The first-order chi connectivity index (χ1) is 16.8. The number of likely N-dealkylation sites (tertiary alicyclic amines) is 1. The van der Waals surface area contributed by atoms with E-state index in [-0.39, 0.29) is 5.56 Å². The van der Waals surface area contributed by atoms with Crippen LogP contribution in [0, 0.1) is 0 Å². The van der Waals surface area contributed by atoms with Gasteiger partial charge in [0.25, 0.3) is 5.56 Å². The molecular formula is C30H31N3O. The molecule has 5 rings (SSSR count). The molecule has 0 saturated carbocycles. The van der Waals surface area contributed by atoms with Crippen molar-refractivity contribution >= 4 is 22.7 Å². The van der Waals surface area contributed by atoms with Crippen molar-refractivity contribution in [3.63, 3.8) is 0 Å². The van der Waals surface area contributed by atoms with Crippen molar-refractivity contribution in [2.75, 3.05) is 25.0 Å². The second-order valence-corrected chi connectivity index (χ2v) is 9.02. The van der Waals surface area contributed by atoms with E-state index in [9.17, 15) is 4.79 Å². The van der Waals surface area contributed by atoms with Gasteiger partial charge in [0.15, 0.2) is 0 Å². The van der Waals surface area contributed by atoms with Gasteiger partial charge in [-0.25, -0.2) is 0 Å². The van der Waals surface area contributed by atoms with Crippen LogP contribution in [0.1, 0.15) is 24.0 Å². The number of pyridine rings is 1. The number of fused-ring (bicyclic) bond motifs is 1. The lowest BCUT2D eigenvalue weighted by molar-refractivity contribution is 0.240. The largest absolute Gasteiger partial charge is 0.382 e. The minimum Gasteiger partial charge on any atom is -0.382 e. The number of benzene rings is 3. The molecule has 4 heteroatoms. The zero-order valence-corrected chi connectivity index (χ0v) is 19.4. The summed E-state index contributed by atoms with van der Waals surface area (Å²) in [4.78, 5) is 15.6. The zero-order valence-electron chi connectivity index (χ0n) is 19.4. The smallest absolute Gasteiger partial charge is 0.253 e. The van der Waals surface area contributed by atoms with E-state index >= 15 is 0 Å². The molecule has 1 aromatic heterocycles. The number of hydrogen-bond acceptors (Lipinski definition) is 3. The highest BCUT2D eigenvalue weighted by Crippen LogP contribution is 2.25. The van der Waals surface area contributed by atoms with E-state index < -0.39 is 0 Å². The van der Waals surface area contributed by atoms with Crippen molar-refractivity contribution in [2.45, 2.75) is 25.4 Å². The number of hydrogen-bond donors (Lipinski definition) is 1. The summed E-state index contributed by atoms with van der Waals surface area (Å²) in [6.45, 7) is 3.66. The average Bonchev–Trinajstić information content (AvgIpc) is 2.89. The van der Waals surface area contributed by atoms with Crippen molar-refractivity contribution in [1.82, 2.24) is 9.47 Å². The van der Waals surface area contributed by atoms with E-state index in [0.29, 0.717) is 12.6 Å². The fraction of sp³-hybridized carbons (Fsp3) is 0.233. The normalized spacial score (nSPS) is 15.2. The summed E-state index contributed by atoms with van der Waals surface area (Å²) >= 11 is 0. The molecule has 0 amide bonds. The van der Waals surface area contributed by atoms with Crippen LogP contribution in [0.25, 0.3) is 17.0 Å². The van der Waals surface area contributed by atoms with Gasteiger partial charge >= 0.3 is 0 Å². The van der Waals surface area contributed by atoms with Crippen LogP contribution in [-0.4, -0.2) is 35.1 Å². The molecule has 34 heavy (non-hydrogen) atoms. The van der Waals surface area contributed by atoms with E-state index in [1.165, 1.54) is 5.56 Å². The minimum absolute atomic E-state index is 0.0357. The van der Waals surface area contributed by atoms with Crippen molar-refractivity contribution in [3.05, 3.63) is 119 Å². The molecule has 1 aliphatic heterocycles. The number of aromatic nitrogens is 1. The second-order valence-electron chi connectivity index (χ2n) is 9.02. The highest BCUT2D eigenvalue weighted by molar-refractivity contribution is 5.91. The summed E-state index contributed by atoms with van der Waals surface area (Å²) in [5, 5.41) is 4.80. The maximum atomic E-state index is 13.1. The Balaban J connectivity index is 1.25. The first-order valence-corrected chi connectivity index (χ1v) is 12.1. The third-order valence-corrected chi connectivity index (χ3v) is 6.62. The van der Waals surface area contributed by atoms with Gasteiger partial charge in [-0.1, -0.05) is 91.0 Å². The fourth-order valence-corrected chi connectivity index (χ4v) is 4.76. The summed E-state index contributed by atoms with van der Waals surface area (Å²) in [6.07, 6.45) is 6.59. The van der Waals surface area contributed by atoms with Crippen molar-refractivity contribution in [3.8, 4) is 0 Å². The lowest BCUT2D eigenvalue weighted by Gasteiger charge is -2.32. The Morgan fingerprint density at radius 2 is 1.53 bits per heavy atom. The van der Waals surface area contributed by atoms with Gasteiger partial charge in [0.05, 0.1) is 12.1 Å². The molecule has 1 aliphatic rings. The summed E-state index contributed by atoms with van der Waals surface area (Å²) in [7, 11) is 0. The van der Waals surface area contributed by atoms with Crippen molar-refractivity contribution in [2.24, 2.45) is 0 Å². The molecule has 0 atom stereocenters. The Morgan fingerprint density at radius 3 is 2.29 bits per heavy atom. The summed E-state index contributed by atoms with van der Waals surface area (Å²) in [6, 6.07) is 31.0. The molecule has 0 radical (unpaired) electrons. The van der Waals surface area contributed by atoms with Crippen LogP contribution in [-0.2, 0) is 6.54 Å². The first-order valence-electron chi connectivity index (χ1n) is 12.1. The van der Waals surface area contributed by atoms with E-state index in [1.807, 2.05) is 47.0 Å². The average molecular weight is 450 g/mol. The first kappa shape index (κ1) is 22.2. The SMILES string of the molecule is O=c1cc(NC2CCN(C/C=C/c3ccccc3)CC2)c2ccccc2n1Cc1ccccc1. The fourth-order valence-electron chi connectivity index (χ4n) is 4.76. The van der Waals surface area contributed by atoms with Crippen molar-refractivity contribution < 1.29 is 0 Å². The number of rotatable bonds is 7. The molecule has 1 saturated heterocycles. The highest BCUT2D eigenvalue weighted by atomic mass is 16.1. The quantitative estimate of drug-likeness (QED) is 0.397. The van der Waals surface area contributed by atoms with Gasteiger partial charge < -0.3 is 9.88 Å². The molecule has 3 aromatic carbocycles. The van der Waals surface area contributed by atoms with Crippen LogP contribution < -0.4 is 10.9 Å². The van der Waals surface area contributed by atoms with E-state index in [0.717, 1.165) is 54.6 Å². The maximum absolute atomic E-state index is 13.1. The molecule has 0 spiro atoms. The van der Waals surface area contributed by atoms with Crippen molar-refractivity contribution in [1.29, 1.82) is 0 Å². The van der Waals surface area contributed by atoms with Crippen LogP contribution in [0.15, 0.2) is 102 Å². The number of piperidine rings is 1. The Kier molecular flexibility index (Phi) is 6.87. The van der Waals surface area contributed by atoms with Gasteiger partial charge in [0.1, 0.15) is 0 Å². The van der Waals surface area contributed by atoms with E-state index in [1.54, 1.807) is 6.07 Å². The summed E-state index contributed by atoms with van der Waals surface area (Å²) in [5.41, 5.74) is 4.34. The third-order valence-electron chi connectivity index (χ3n) is 6.62. The van der Waals surface area contributed by atoms with Crippen LogP contribution in [0.2, 0.25) is 0 Å². The maximum Gasteiger partial charge on any atom is 0.253 e. The number of anilines is 1. The lowest BCUT2D eigenvalue weighted by atomic mass is 10.0. The Hall–Kier alpha value is -3.63. The van der Waals surface area contributed by atoms with E-state index in [2.05, 4.69) is 64.8 Å². The van der Waals surface area contributed by atoms with Gasteiger partial charge in [-0.15, -0.1) is 0 Å². The predicted molar refractivity (Wildman–Crippen MR) is 142 cm³/mol. The molecule has 4 aromatic rings. The van der Waals surface area contributed by atoms with Crippen LogP contribution in [0.3, 0.4) is 0 Å². The number of nitrogens with zero attached hydrogens (tertiary/aromatic N) is 2. The molecule has 0 bridgehead atoms. The minimum atomic E-state index is 0.0357. The molecule has 0 aliphatic carbocycles. The summed E-state index contributed by atoms with van der Waals surface area (Å²) < 4.78 is 1.87. The van der Waals surface area contributed by atoms with E-state index in [4.69, 9.17) is 0 Å². The van der Waals surface area contributed by atoms with Gasteiger partial charge in [0.2, 0.25) is 0 Å². The zero-order chi connectivity index (χ0) is 23.2. The molecule has 2 heterocycles. The van der Waals surface area contributed by atoms with Crippen LogP contribution in [0.4, 0.5) is 5.69 Å². The van der Waals surface area contributed by atoms with Gasteiger partial charge in [0, 0.05) is 42.8 Å². The number of nitrogens with one attached hydrogen (secondary N) is 1. The number of para-hydroxylation sites is 1. The molecule has 1 fully saturated rings. The van der Waals surface area contributed by atoms with Crippen LogP contribution in [0.5, 0.6) is 0 Å². The molecule has 172 valence electrons. The lowest BCUT2D eigenvalue weighted by Crippen LogP contribution is -2.39. The Morgan fingerprint density at radius 1 is 0.853 bits per heavy atom. The topological polar surface area (TPSA) is 37.3 Å². The van der Waals surface area contributed by atoms with Gasteiger partial charge in [-0.3, -0.25) is 9.69 Å². The molecular weight excluding hydrogens is 418 g/mol. The van der Waals surface area contributed by atoms with Gasteiger partial charge in [-0.05, 0) is 30.0 Å². The monoisotopic (exact) mass is 449 g/mol. The second kappa shape index (κ2) is 10.5. The molecule has 1 N–H and O–H groups in total. The van der Waals surface area contributed by atoms with Crippen LogP contribution >= 0.6 is 0 Å². The Bertz CT molecular complexity index is 1300. The summed E-state index contributed by atoms with van der Waals surface area (Å²) in [5.74, 6) is 0. The molecule has 0 unspecified atom stereocenters. The highest BCUT2D eigenvalue weighted by Gasteiger charge is 2.19. The standard InChI is InChI=1S/C30H31N3O/c34-30-22-28(27-15-7-8-16-29(27)33(30)23-25-12-5-2-6-13-25)31-26-17-20-32(21-18-26)19-9-14-24-10-3-1-4-11-24/h1-16,22,26,31H,17-21,23H2/b14-9+. The Labute approximate surface area is 201 Å². The predicted octanol–water partition coefficient (Wildman–Crippen LogP) is 5.64. The molecule has 4 nitrogen and oxygen atoms in total. The van der Waals surface area contributed by atoms with Gasteiger partial charge in [-0.2, -0.15) is 0 Å².